The van der Waals surface area contributed by atoms with Crippen LogP contribution in [0.15, 0.2) is 0 Å². The third-order valence-corrected chi connectivity index (χ3v) is 20.6. The maximum absolute atomic E-state index is 11.4. The Hall–Kier alpha value is -3.99. The van der Waals surface area contributed by atoms with Crippen LogP contribution in [0, 0.1) is 0 Å². The summed E-state index contributed by atoms with van der Waals surface area (Å²) < 4.78 is 43.4. The van der Waals surface area contributed by atoms with Crippen molar-refractivity contribution < 1.29 is 98.1 Å². The number of hydrogen-bond donors (Lipinski definition) is 0. The fourth-order valence-corrected chi connectivity index (χ4v) is 12.2. The van der Waals surface area contributed by atoms with Gasteiger partial charge in [-0.15, -0.1) is 0 Å². The van der Waals surface area contributed by atoms with Crippen molar-refractivity contribution >= 4 is 41.8 Å². The summed E-state index contributed by atoms with van der Waals surface area (Å²) in [5, 5.41) is 0. The first kappa shape index (κ1) is 117. The van der Waals surface area contributed by atoms with Crippen molar-refractivity contribution in [1.82, 2.24) is 0 Å². The molecule has 0 radical (unpaired) electrons. The van der Waals surface area contributed by atoms with Crippen LogP contribution < -0.4 is 0 Å². The number of unbranched alkanes of at least 4 members (excludes halogenated alkanes) is 4. The minimum Gasteiger partial charge on any atom is -0.460 e. The summed E-state index contributed by atoms with van der Waals surface area (Å²) in [6.45, 7) is 75.0. The van der Waals surface area contributed by atoms with Crippen LogP contribution in [-0.2, 0) is 66.7 Å². The SMILES string of the molecule is CCCC(=O)OCC[N+](C)(C)C.CCCC(=O)OCC[N+](CC)(CC)CC.CCCC(=O)OCC[N+](CC)(CCC)CCC.CCCCC(=O)OCC[N+](C)(C)C.CCCCC(=O)OCC[N+](CC)(CC)CC.CCCC[N+](CC)(CCC)CCOC(=O)CC.CCCC[N+](CC)(CCC)CCOC(=O)CCC. The highest BCUT2D eigenvalue weighted by Crippen LogP contribution is 2.15. The standard InChI is InChI=1S/C15H32NO2.2C14H30NO2.C13H28NO2.C12H26NO2.C10H22NO2.C9H20NO2/c1-5-9-12-16(8-4,11-7-3)13-14-18-15(17)10-6-2;1-5-9-11-15(8-4,10-6-2)12-13-17-14(16)7-3;1-5-9-14(16)17-13-12-15(8-4,10-6-2)11-7-3;1-5-9-10-13(15)16-12-11-14(6-2,7-3)8-4;1-5-9-12(14)15-11-10-13(6-2,7-3)8-4;1-5-6-7-10(12)13-9-8-11(2,3)4;1-5-6-9(11)12-8-7-10(2,3)4/h5-14H2,1-4H3;2*5-13H2,1-4H3;5-12H2,1-4H3;5-11H2,1-4H3;5-9H2,1-4H3;5-8H2,1-4H3/q7*+1. The Kier molecular flexibility index (Phi) is 83.6. The normalized spacial score (nSPS) is 12.4. The zero-order valence-electron chi connectivity index (χ0n) is 77.1. The molecular weight excluding hydrogens is 1370 g/mol. The lowest BCUT2D eigenvalue weighted by molar-refractivity contribution is -0.927. The molecule has 0 aliphatic heterocycles. The van der Waals surface area contributed by atoms with Crippen molar-refractivity contribution in [3.63, 3.8) is 0 Å². The first-order valence-electron chi connectivity index (χ1n) is 44.0. The van der Waals surface area contributed by atoms with Crippen LogP contribution in [0.5, 0.6) is 0 Å². The van der Waals surface area contributed by atoms with E-state index in [2.05, 4.69) is 160 Å². The van der Waals surface area contributed by atoms with Gasteiger partial charge in [0.15, 0.2) is 0 Å². The highest BCUT2D eigenvalue weighted by atomic mass is 16.6. The molecule has 0 aliphatic carbocycles. The molecule has 0 amide bonds. The van der Waals surface area contributed by atoms with Gasteiger partial charge in [0.25, 0.3) is 0 Å². The van der Waals surface area contributed by atoms with Gasteiger partial charge in [0, 0.05) is 44.9 Å². The number of rotatable bonds is 59. The molecule has 0 rings (SSSR count). The fraction of sp³-hybridized carbons (Fsp3) is 0.920. The number of nitrogens with zero attached hydrogens (tertiary/aromatic N) is 7. The summed E-state index contributed by atoms with van der Waals surface area (Å²) in [7, 11) is 12.5. The van der Waals surface area contributed by atoms with Crippen molar-refractivity contribution in [2.75, 3.05) is 233 Å². The van der Waals surface area contributed by atoms with Crippen molar-refractivity contribution in [2.45, 2.75) is 300 Å². The summed E-state index contributed by atoms with van der Waals surface area (Å²) >= 11 is 0. The van der Waals surface area contributed by atoms with E-state index >= 15 is 0 Å². The number of carbonyl (C=O) groups excluding carboxylic acids is 7. The number of likely N-dealkylation sites (N-methyl/N-ethyl adjacent to an activating group) is 7. The van der Waals surface area contributed by atoms with E-state index in [0.717, 1.165) is 187 Å². The van der Waals surface area contributed by atoms with Crippen LogP contribution in [-0.4, -0.2) is 306 Å². The molecule has 2 unspecified atom stereocenters. The van der Waals surface area contributed by atoms with Crippen molar-refractivity contribution in [1.29, 1.82) is 0 Å². The molecule has 108 heavy (non-hydrogen) atoms. The minimum absolute atomic E-state index is 0.0386. The molecule has 0 N–H and O–H groups in total. The smallest absolute Gasteiger partial charge is 0.305 e. The Morgan fingerprint density at radius 3 is 0.546 bits per heavy atom. The minimum atomic E-state index is -0.0778. The second kappa shape index (κ2) is 77.0. The van der Waals surface area contributed by atoms with Crippen LogP contribution in [0.3, 0.4) is 0 Å². The van der Waals surface area contributed by atoms with E-state index in [0.29, 0.717) is 91.2 Å². The highest BCUT2D eigenvalue weighted by Gasteiger charge is 2.28. The van der Waals surface area contributed by atoms with Gasteiger partial charge in [-0.05, 0) is 139 Å². The van der Waals surface area contributed by atoms with Crippen LogP contribution in [0.4, 0.5) is 0 Å². The van der Waals surface area contributed by atoms with Crippen molar-refractivity contribution in [3.05, 3.63) is 0 Å². The van der Waals surface area contributed by atoms with Gasteiger partial charge >= 0.3 is 41.8 Å². The quantitative estimate of drug-likeness (QED) is 0.0318. The van der Waals surface area contributed by atoms with Gasteiger partial charge in [-0.25, -0.2) is 0 Å². The molecule has 0 bridgehead atoms. The summed E-state index contributed by atoms with van der Waals surface area (Å²) in [6, 6.07) is 0. The van der Waals surface area contributed by atoms with Gasteiger partial charge in [0.1, 0.15) is 92.1 Å². The lowest BCUT2D eigenvalue weighted by atomic mass is 10.2. The van der Waals surface area contributed by atoms with Crippen molar-refractivity contribution in [3.8, 4) is 0 Å². The number of esters is 7. The Morgan fingerprint density at radius 1 is 0.185 bits per heavy atom. The molecule has 21 nitrogen and oxygen atoms in total. The second-order valence-electron chi connectivity index (χ2n) is 31.4. The van der Waals surface area contributed by atoms with Crippen LogP contribution in [0.1, 0.15) is 300 Å². The third kappa shape index (κ3) is 72.3. The number of ether oxygens (including phenoxy) is 7. The van der Waals surface area contributed by atoms with E-state index in [-0.39, 0.29) is 41.8 Å². The maximum atomic E-state index is 11.4. The zero-order valence-corrected chi connectivity index (χ0v) is 77.1. The highest BCUT2D eigenvalue weighted by molar-refractivity contribution is 5.71. The lowest BCUT2D eigenvalue weighted by Gasteiger charge is -2.37. The van der Waals surface area contributed by atoms with Crippen molar-refractivity contribution in [2.24, 2.45) is 0 Å². The molecule has 0 spiro atoms. The van der Waals surface area contributed by atoms with Crippen LogP contribution in [0.2, 0.25) is 0 Å². The molecule has 0 fully saturated rings. The monoisotopic (exact) mass is 1560 g/mol. The predicted molar refractivity (Wildman–Crippen MR) is 452 cm³/mol. The Balaban J connectivity index is -0.000000221. The van der Waals surface area contributed by atoms with E-state index in [1.807, 2.05) is 34.6 Å². The van der Waals surface area contributed by atoms with Gasteiger partial charge in [0.2, 0.25) is 0 Å². The molecule has 0 saturated heterocycles. The first-order valence-corrected chi connectivity index (χ1v) is 44.0. The average molecular weight is 1560 g/mol. The summed E-state index contributed by atoms with van der Waals surface area (Å²) in [4.78, 5) is 78.2. The van der Waals surface area contributed by atoms with E-state index in [1.54, 1.807) is 0 Å². The molecule has 0 aromatic heterocycles. The zero-order chi connectivity index (χ0) is 84.3. The maximum Gasteiger partial charge on any atom is 0.305 e. The van der Waals surface area contributed by atoms with Gasteiger partial charge in [-0.2, -0.15) is 0 Å². The molecule has 2 atom stereocenters. The fourth-order valence-electron chi connectivity index (χ4n) is 12.2. The Bertz CT molecular complexity index is 2060. The number of carbonyl (C=O) groups is 7. The van der Waals surface area contributed by atoms with Crippen LogP contribution >= 0.6 is 0 Å². The van der Waals surface area contributed by atoms with E-state index < -0.39 is 0 Å². The average Bonchev–Trinajstić information content (AvgIpc) is 0.928. The van der Waals surface area contributed by atoms with E-state index in [1.165, 1.54) is 90.6 Å². The Labute approximate surface area is 669 Å². The molecule has 21 heteroatoms. The van der Waals surface area contributed by atoms with Crippen LogP contribution in [0.25, 0.3) is 0 Å². The molecule has 0 aromatic carbocycles. The molecule has 648 valence electrons. The molecule has 0 heterocycles. The summed E-state index contributed by atoms with van der Waals surface area (Å²) in [5.41, 5.74) is 0. The number of quaternary nitrogens is 7. The van der Waals surface area contributed by atoms with E-state index in [4.69, 9.17) is 33.2 Å². The Morgan fingerprint density at radius 2 is 0.370 bits per heavy atom. The molecule has 0 saturated carbocycles. The topological polar surface area (TPSA) is 184 Å². The molecule has 0 aliphatic rings. The molecule has 0 aromatic rings. The summed E-state index contributed by atoms with van der Waals surface area (Å²) in [6.07, 6.45) is 21.0. The molecular formula is C87H188N7O14+7. The lowest BCUT2D eigenvalue weighted by Crippen LogP contribution is -2.51. The van der Waals surface area contributed by atoms with E-state index in [9.17, 15) is 33.6 Å². The predicted octanol–water partition coefficient (Wildman–Crippen LogP) is 16.6. The van der Waals surface area contributed by atoms with Gasteiger partial charge < -0.3 is 64.5 Å². The third-order valence-electron chi connectivity index (χ3n) is 20.6. The first-order chi connectivity index (χ1) is 51.1. The van der Waals surface area contributed by atoms with Gasteiger partial charge in [0.05, 0.1) is 140 Å². The second-order valence-corrected chi connectivity index (χ2v) is 31.4. The number of hydrogen-bond acceptors (Lipinski definition) is 14. The van der Waals surface area contributed by atoms with Gasteiger partial charge in [-0.1, -0.05) is 116 Å². The van der Waals surface area contributed by atoms with Gasteiger partial charge in [-0.3, -0.25) is 33.6 Å². The summed E-state index contributed by atoms with van der Waals surface area (Å²) in [5.74, 6) is -0.400. The largest absolute Gasteiger partial charge is 0.460 e.